The molecule has 0 amide bonds. The number of azo groups is 1. The Labute approximate surface area is 152 Å². The number of nitrogens with zero attached hydrogens (tertiary/aromatic N) is 8. The van der Waals surface area contributed by atoms with Crippen LogP contribution < -0.4 is 5.32 Å². The fraction of sp³-hybridized carbons (Fsp3) is 0.200. The number of carbonyl (C=O) groups excluding carboxylic acids is 1. The Hall–Kier alpha value is -3.52. The van der Waals surface area contributed by atoms with Crippen molar-refractivity contribution in [3.63, 3.8) is 0 Å². The third-order valence-corrected chi connectivity index (χ3v) is 4.07. The van der Waals surface area contributed by atoms with E-state index in [1.165, 1.54) is 29.1 Å². The van der Waals surface area contributed by atoms with Gasteiger partial charge in [-0.15, -0.1) is 10.2 Å². The summed E-state index contributed by atoms with van der Waals surface area (Å²) in [4.78, 5) is 23.8. The molecule has 0 aliphatic heterocycles. The molecule has 11 heteroatoms. The summed E-state index contributed by atoms with van der Waals surface area (Å²) in [6, 6.07) is 3.69. The maximum atomic E-state index is 11.3. The van der Waals surface area contributed by atoms with E-state index in [0.29, 0.717) is 15.8 Å². The van der Waals surface area contributed by atoms with E-state index in [0.717, 1.165) is 0 Å². The Bertz CT molecular complexity index is 1000. The Morgan fingerprint density at radius 3 is 2.81 bits per heavy atom. The van der Waals surface area contributed by atoms with Crippen LogP contribution >= 0.6 is 11.3 Å². The summed E-state index contributed by atoms with van der Waals surface area (Å²) in [6.07, 6.45) is 4.73. The van der Waals surface area contributed by atoms with Crippen molar-refractivity contribution < 1.29 is 4.79 Å². The number of nitrogens with one attached hydrogen (secondary N) is 1. The number of ketones is 1. The lowest BCUT2D eigenvalue weighted by Gasteiger charge is -2.00. The molecule has 3 heterocycles. The van der Waals surface area contributed by atoms with Crippen molar-refractivity contribution in [2.24, 2.45) is 10.2 Å². The van der Waals surface area contributed by atoms with Crippen LogP contribution in [0.2, 0.25) is 0 Å². The standard InChI is InChI=1S/C15H13N9OS/c1-9(25)6-11-21-12(17-2)14(26-11)23-22-13-10(7-16)8-20-24(13)15-18-4-3-5-19-15/h3-5,8,17H,6H2,1-2H3. The third-order valence-electron chi connectivity index (χ3n) is 3.13. The van der Waals surface area contributed by atoms with Gasteiger partial charge in [0.2, 0.25) is 0 Å². The Kier molecular flexibility index (Phi) is 5.04. The largest absolute Gasteiger partial charge is 0.371 e. The van der Waals surface area contributed by atoms with Gasteiger partial charge in [-0.25, -0.2) is 15.0 Å². The smallest absolute Gasteiger partial charge is 0.252 e. The first-order valence-electron chi connectivity index (χ1n) is 7.46. The normalized spacial score (nSPS) is 10.8. The fourth-order valence-electron chi connectivity index (χ4n) is 2.03. The molecule has 1 N–H and O–H groups in total. The van der Waals surface area contributed by atoms with Gasteiger partial charge in [0.25, 0.3) is 5.95 Å². The molecule has 130 valence electrons. The minimum atomic E-state index is 0.0101. The molecule has 0 aliphatic carbocycles. The number of carbonyl (C=O) groups is 1. The molecule has 3 aromatic heterocycles. The van der Waals surface area contributed by atoms with Crippen molar-refractivity contribution in [1.29, 1.82) is 5.26 Å². The van der Waals surface area contributed by atoms with Crippen molar-refractivity contribution in [1.82, 2.24) is 24.7 Å². The first-order valence-corrected chi connectivity index (χ1v) is 8.28. The van der Waals surface area contributed by atoms with Crippen LogP contribution in [0, 0.1) is 11.3 Å². The van der Waals surface area contributed by atoms with Crippen molar-refractivity contribution in [2.75, 3.05) is 12.4 Å². The van der Waals surface area contributed by atoms with Gasteiger partial charge in [0.1, 0.15) is 22.4 Å². The van der Waals surface area contributed by atoms with Crippen molar-refractivity contribution in [2.45, 2.75) is 13.3 Å². The minimum Gasteiger partial charge on any atom is -0.371 e. The molecule has 0 atom stereocenters. The van der Waals surface area contributed by atoms with Gasteiger partial charge in [-0.3, -0.25) is 4.79 Å². The number of thiazole rings is 1. The van der Waals surface area contributed by atoms with E-state index >= 15 is 0 Å². The predicted molar refractivity (Wildman–Crippen MR) is 94.1 cm³/mol. The first-order chi connectivity index (χ1) is 12.6. The molecule has 0 saturated carbocycles. The summed E-state index contributed by atoms with van der Waals surface area (Å²) in [5.41, 5.74) is 0.237. The van der Waals surface area contributed by atoms with Gasteiger partial charge in [0.15, 0.2) is 16.6 Å². The number of Topliss-reactive ketones (excluding diaryl/α,β-unsaturated/α-hetero) is 1. The summed E-state index contributed by atoms with van der Waals surface area (Å²) in [7, 11) is 1.70. The van der Waals surface area contributed by atoms with Crippen LogP contribution in [0.15, 0.2) is 34.9 Å². The zero-order valence-electron chi connectivity index (χ0n) is 13.9. The number of hydrogen-bond donors (Lipinski definition) is 1. The predicted octanol–water partition coefficient (Wildman–Crippen LogP) is 2.58. The first kappa shape index (κ1) is 17.3. The van der Waals surface area contributed by atoms with Crippen LogP contribution in [0.1, 0.15) is 17.5 Å². The van der Waals surface area contributed by atoms with E-state index in [2.05, 4.69) is 35.6 Å². The van der Waals surface area contributed by atoms with Gasteiger partial charge >= 0.3 is 0 Å². The van der Waals surface area contributed by atoms with Crippen LogP contribution in [0.25, 0.3) is 5.95 Å². The Morgan fingerprint density at radius 2 is 2.15 bits per heavy atom. The van der Waals surface area contributed by atoms with E-state index in [4.69, 9.17) is 0 Å². The van der Waals surface area contributed by atoms with Crippen molar-refractivity contribution >= 4 is 33.8 Å². The summed E-state index contributed by atoms with van der Waals surface area (Å²) in [5, 5.41) is 25.8. The molecular formula is C15H13N9OS. The molecule has 3 rings (SSSR count). The van der Waals surface area contributed by atoms with Gasteiger partial charge in [-0.1, -0.05) is 11.3 Å². The van der Waals surface area contributed by atoms with E-state index in [9.17, 15) is 10.1 Å². The molecule has 0 bridgehead atoms. The lowest BCUT2D eigenvalue weighted by Crippen LogP contribution is -2.01. The highest BCUT2D eigenvalue weighted by molar-refractivity contribution is 7.16. The van der Waals surface area contributed by atoms with Crippen LogP contribution in [0.4, 0.5) is 16.6 Å². The average molecular weight is 367 g/mol. The lowest BCUT2D eigenvalue weighted by atomic mass is 10.3. The topological polar surface area (TPSA) is 134 Å². The highest BCUT2D eigenvalue weighted by Crippen LogP contribution is 2.34. The van der Waals surface area contributed by atoms with Crippen LogP contribution in [0.3, 0.4) is 0 Å². The molecule has 0 unspecified atom stereocenters. The third kappa shape index (κ3) is 3.60. The highest BCUT2D eigenvalue weighted by Gasteiger charge is 2.15. The van der Waals surface area contributed by atoms with E-state index < -0.39 is 0 Å². The molecule has 0 fully saturated rings. The number of aromatic nitrogens is 5. The second-order valence-corrected chi connectivity index (χ2v) is 6.11. The second-order valence-electron chi connectivity index (χ2n) is 5.04. The quantitative estimate of drug-likeness (QED) is 0.662. The number of nitriles is 1. The highest BCUT2D eigenvalue weighted by atomic mass is 32.1. The number of hydrogen-bond acceptors (Lipinski definition) is 10. The van der Waals surface area contributed by atoms with Crippen LogP contribution in [-0.2, 0) is 11.2 Å². The van der Waals surface area contributed by atoms with Crippen LogP contribution in [0.5, 0.6) is 0 Å². The molecule has 0 saturated heterocycles. The van der Waals surface area contributed by atoms with Gasteiger partial charge < -0.3 is 5.32 Å². The maximum absolute atomic E-state index is 11.3. The molecular weight excluding hydrogens is 354 g/mol. The average Bonchev–Trinajstić information content (AvgIpc) is 3.23. The number of anilines is 1. The maximum Gasteiger partial charge on any atom is 0.252 e. The SMILES string of the molecule is CNc1nc(CC(C)=O)sc1N=Nc1c(C#N)cnn1-c1ncccn1. The van der Waals surface area contributed by atoms with Gasteiger partial charge in [0.05, 0.1) is 12.6 Å². The second kappa shape index (κ2) is 7.58. The van der Waals surface area contributed by atoms with Crippen LogP contribution in [-0.4, -0.2) is 37.6 Å². The molecule has 0 radical (unpaired) electrons. The number of rotatable bonds is 6. The van der Waals surface area contributed by atoms with Gasteiger partial charge in [-0.2, -0.15) is 15.0 Å². The molecule has 10 nitrogen and oxygen atoms in total. The van der Waals surface area contributed by atoms with Gasteiger partial charge in [0, 0.05) is 19.4 Å². The van der Waals surface area contributed by atoms with E-state index in [1.54, 1.807) is 25.5 Å². The summed E-state index contributed by atoms with van der Waals surface area (Å²) in [5.74, 6) is 1.01. The molecule has 0 spiro atoms. The summed E-state index contributed by atoms with van der Waals surface area (Å²) in [6.45, 7) is 1.50. The molecule has 0 aromatic carbocycles. The Morgan fingerprint density at radius 1 is 1.38 bits per heavy atom. The Balaban J connectivity index is 1.99. The van der Waals surface area contributed by atoms with E-state index in [1.807, 2.05) is 6.07 Å². The zero-order chi connectivity index (χ0) is 18.5. The summed E-state index contributed by atoms with van der Waals surface area (Å²) >= 11 is 1.25. The molecule has 26 heavy (non-hydrogen) atoms. The van der Waals surface area contributed by atoms with E-state index in [-0.39, 0.29) is 29.5 Å². The lowest BCUT2D eigenvalue weighted by molar-refractivity contribution is -0.116. The molecule has 3 aromatic rings. The minimum absolute atomic E-state index is 0.0101. The summed E-state index contributed by atoms with van der Waals surface area (Å²) < 4.78 is 1.33. The van der Waals surface area contributed by atoms with Crippen molar-refractivity contribution in [3.8, 4) is 12.0 Å². The van der Waals surface area contributed by atoms with Gasteiger partial charge in [-0.05, 0) is 13.0 Å². The van der Waals surface area contributed by atoms with Crippen molar-refractivity contribution in [3.05, 3.63) is 35.2 Å². The zero-order valence-corrected chi connectivity index (χ0v) is 14.7. The fourth-order valence-corrected chi connectivity index (χ4v) is 2.99. The molecule has 0 aliphatic rings. The monoisotopic (exact) mass is 367 g/mol.